The summed E-state index contributed by atoms with van der Waals surface area (Å²) in [6.45, 7) is 4.36. The number of thioether (sulfide) groups is 1. The second-order valence-electron chi connectivity index (χ2n) is 8.25. The molecule has 1 N–H and O–H groups in total. The summed E-state index contributed by atoms with van der Waals surface area (Å²) in [5, 5.41) is 6.23. The highest BCUT2D eigenvalue weighted by molar-refractivity contribution is 8.00. The lowest BCUT2D eigenvalue weighted by Crippen LogP contribution is -1.98. The molecule has 0 saturated heterocycles. The Morgan fingerprint density at radius 3 is 2.71 bits per heavy atom. The molecule has 0 amide bonds. The Morgan fingerprint density at radius 2 is 1.94 bits per heavy atom. The van der Waals surface area contributed by atoms with Gasteiger partial charge in [-0.15, -0.1) is 23.1 Å². The van der Waals surface area contributed by atoms with Crippen LogP contribution in [0.2, 0.25) is 0 Å². The first-order valence-corrected chi connectivity index (χ1v) is 12.5. The predicted octanol–water partition coefficient (Wildman–Crippen LogP) is 7.15. The van der Waals surface area contributed by atoms with Crippen LogP contribution >= 0.6 is 23.1 Å². The topological polar surface area (TPSA) is 59.9 Å². The highest BCUT2D eigenvalue weighted by atomic mass is 32.2. The second kappa shape index (κ2) is 8.63. The van der Waals surface area contributed by atoms with Crippen molar-refractivity contribution in [2.24, 2.45) is 0 Å². The number of benzene rings is 2. The quantitative estimate of drug-likeness (QED) is 0.315. The largest absolute Gasteiger partial charge is 0.496 e. The minimum absolute atomic E-state index is 0.452. The van der Waals surface area contributed by atoms with Crippen molar-refractivity contribution in [3.05, 3.63) is 41.7 Å². The Labute approximate surface area is 190 Å². The molecule has 2 heterocycles. The third kappa shape index (κ3) is 4.21. The molecule has 1 aliphatic rings. The summed E-state index contributed by atoms with van der Waals surface area (Å²) < 4.78 is 6.85. The van der Waals surface area contributed by atoms with Crippen LogP contribution in [0.4, 0.5) is 11.5 Å². The van der Waals surface area contributed by atoms with Crippen LogP contribution in [0, 0.1) is 0 Å². The minimum Gasteiger partial charge on any atom is -0.496 e. The van der Waals surface area contributed by atoms with Gasteiger partial charge in [0.1, 0.15) is 17.9 Å². The van der Waals surface area contributed by atoms with Gasteiger partial charge in [-0.3, -0.25) is 0 Å². The maximum absolute atomic E-state index is 5.60. The van der Waals surface area contributed by atoms with E-state index in [9.17, 15) is 0 Å². The lowest BCUT2D eigenvalue weighted by Gasteiger charge is -2.14. The van der Waals surface area contributed by atoms with E-state index in [4.69, 9.17) is 9.72 Å². The van der Waals surface area contributed by atoms with Crippen LogP contribution in [-0.4, -0.2) is 27.3 Å². The summed E-state index contributed by atoms with van der Waals surface area (Å²) in [7, 11) is 1.70. The van der Waals surface area contributed by atoms with Crippen molar-refractivity contribution in [1.82, 2.24) is 15.0 Å². The van der Waals surface area contributed by atoms with E-state index in [1.807, 2.05) is 17.4 Å². The van der Waals surface area contributed by atoms with E-state index in [0.717, 1.165) is 38.6 Å². The molecule has 7 heteroatoms. The van der Waals surface area contributed by atoms with Crippen molar-refractivity contribution in [2.45, 2.75) is 55.6 Å². The first-order valence-electron chi connectivity index (χ1n) is 10.8. The zero-order valence-electron chi connectivity index (χ0n) is 18.0. The number of hydrogen-bond acceptors (Lipinski definition) is 7. The smallest absolute Gasteiger partial charge is 0.141 e. The van der Waals surface area contributed by atoms with Crippen LogP contribution in [0.1, 0.15) is 50.5 Å². The summed E-state index contributed by atoms with van der Waals surface area (Å²) in [6.07, 6.45) is 6.81. The lowest BCUT2D eigenvalue weighted by molar-refractivity contribution is 0.405. The SMILES string of the molecule is COc1cc2ncnc(Nc3ccc4sc(C5CCCC5)nc4c3)c2cc1SC(C)C. The first kappa shape index (κ1) is 20.5. The van der Waals surface area contributed by atoms with Crippen molar-refractivity contribution in [1.29, 1.82) is 0 Å². The normalized spacial score (nSPS) is 14.7. The van der Waals surface area contributed by atoms with Crippen LogP contribution in [-0.2, 0) is 0 Å². The highest BCUT2D eigenvalue weighted by Gasteiger charge is 2.21. The van der Waals surface area contributed by atoms with Gasteiger partial charge in [0.2, 0.25) is 0 Å². The van der Waals surface area contributed by atoms with Crippen LogP contribution in [0.25, 0.3) is 21.1 Å². The molecule has 31 heavy (non-hydrogen) atoms. The average Bonchev–Trinajstić information content (AvgIpc) is 3.42. The van der Waals surface area contributed by atoms with Gasteiger partial charge >= 0.3 is 0 Å². The van der Waals surface area contributed by atoms with Gasteiger partial charge in [-0.05, 0) is 37.1 Å². The van der Waals surface area contributed by atoms with Crippen LogP contribution < -0.4 is 10.1 Å². The maximum atomic E-state index is 5.60. The lowest BCUT2D eigenvalue weighted by atomic mass is 10.1. The zero-order valence-corrected chi connectivity index (χ0v) is 19.6. The molecule has 1 aliphatic carbocycles. The number of hydrogen-bond donors (Lipinski definition) is 1. The molecule has 0 spiro atoms. The third-order valence-corrected chi connectivity index (χ3v) is 7.90. The number of methoxy groups -OCH3 is 1. The number of fused-ring (bicyclic) bond motifs is 2. The average molecular weight is 451 g/mol. The van der Waals surface area contributed by atoms with Gasteiger partial charge in [0.15, 0.2) is 0 Å². The van der Waals surface area contributed by atoms with Crippen molar-refractivity contribution >= 4 is 55.7 Å². The second-order valence-corrected chi connectivity index (χ2v) is 10.9. The van der Waals surface area contributed by atoms with Crippen molar-refractivity contribution < 1.29 is 4.74 Å². The van der Waals surface area contributed by atoms with Gasteiger partial charge in [-0.2, -0.15) is 0 Å². The summed E-state index contributed by atoms with van der Waals surface area (Å²) in [5.74, 6) is 2.29. The molecule has 4 aromatic rings. The highest BCUT2D eigenvalue weighted by Crippen LogP contribution is 2.39. The molecular weight excluding hydrogens is 424 g/mol. The summed E-state index contributed by atoms with van der Waals surface area (Å²) in [6, 6.07) is 10.5. The Kier molecular flexibility index (Phi) is 5.71. The van der Waals surface area contributed by atoms with E-state index in [0.29, 0.717) is 11.2 Å². The Hall–Kier alpha value is -2.38. The predicted molar refractivity (Wildman–Crippen MR) is 131 cm³/mol. The van der Waals surface area contributed by atoms with Crippen molar-refractivity contribution in [3.63, 3.8) is 0 Å². The molecule has 0 atom stereocenters. The molecule has 2 aromatic heterocycles. The van der Waals surface area contributed by atoms with E-state index < -0.39 is 0 Å². The fourth-order valence-electron chi connectivity index (χ4n) is 4.18. The van der Waals surface area contributed by atoms with E-state index in [1.54, 1.807) is 25.2 Å². The minimum atomic E-state index is 0.452. The van der Waals surface area contributed by atoms with Gasteiger partial charge in [0, 0.05) is 28.3 Å². The molecule has 1 saturated carbocycles. The Balaban J connectivity index is 1.49. The number of thiazole rings is 1. The van der Waals surface area contributed by atoms with Crippen molar-refractivity contribution in [2.75, 3.05) is 12.4 Å². The zero-order chi connectivity index (χ0) is 21.4. The van der Waals surface area contributed by atoms with Crippen LogP contribution in [0.3, 0.4) is 0 Å². The number of aromatic nitrogens is 3. The number of rotatable bonds is 6. The number of ether oxygens (including phenoxy) is 1. The maximum Gasteiger partial charge on any atom is 0.141 e. The summed E-state index contributed by atoms with van der Waals surface area (Å²) >= 11 is 3.62. The molecule has 0 unspecified atom stereocenters. The van der Waals surface area contributed by atoms with E-state index in [2.05, 4.69) is 53.4 Å². The van der Waals surface area contributed by atoms with Gasteiger partial charge in [-0.1, -0.05) is 26.7 Å². The summed E-state index contributed by atoms with van der Waals surface area (Å²) in [5.41, 5.74) is 2.92. The molecule has 0 radical (unpaired) electrons. The third-order valence-electron chi connectivity index (χ3n) is 5.65. The molecule has 2 aromatic carbocycles. The molecule has 0 bridgehead atoms. The molecule has 160 valence electrons. The van der Waals surface area contributed by atoms with E-state index >= 15 is 0 Å². The first-order chi connectivity index (χ1) is 15.1. The number of nitrogens with one attached hydrogen (secondary N) is 1. The molecule has 1 fully saturated rings. The van der Waals surface area contributed by atoms with Crippen LogP contribution in [0.15, 0.2) is 41.6 Å². The molecule has 5 nitrogen and oxygen atoms in total. The van der Waals surface area contributed by atoms with Crippen molar-refractivity contribution in [3.8, 4) is 5.75 Å². The molecule has 5 rings (SSSR count). The van der Waals surface area contributed by atoms with E-state index in [1.165, 1.54) is 35.4 Å². The van der Waals surface area contributed by atoms with Gasteiger partial charge in [0.05, 0.1) is 32.7 Å². The fraction of sp³-hybridized carbons (Fsp3) is 0.375. The molecular formula is C24H26N4OS2. The monoisotopic (exact) mass is 450 g/mol. The summed E-state index contributed by atoms with van der Waals surface area (Å²) in [4.78, 5) is 15.0. The number of nitrogens with zero attached hydrogens (tertiary/aromatic N) is 3. The van der Waals surface area contributed by atoms with Crippen LogP contribution in [0.5, 0.6) is 5.75 Å². The Morgan fingerprint density at radius 1 is 1.10 bits per heavy atom. The van der Waals surface area contributed by atoms with Gasteiger partial charge < -0.3 is 10.1 Å². The standard InChI is InChI=1S/C24H26N4OS2/c1-14(2)30-22-11-17-18(12-20(22)29-3)25-13-26-23(17)27-16-8-9-21-19(10-16)28-24(31-21)15-6-4-5-7-15/h8-15H,4-7H2,1-3H3,(H,25,26,27). The van der Waals surface area contributed by atoms with Gasteiger partial charge in [0.25, 0.3) is 0 Å². The fourth-order valence-corrected chi connectivity index (χ4v) is 6.25. The molecule has 0 aliphatic heterocycles. The van der Waals surface area contributed by atoms with E-state index in [-0.39, 0.29) is 0 Å². The number of anilines is 2. The Bertz CT molecular complexity index is 1230. The van der Waals surface area contributed by atoms with Gasteiger partial charge in [-0.25, -0.2) is 15.0 Å².